The van der Waals surface area contributed by atoms with Gasteiger partial charge in [0, 0.05) is 16.7 Å². The molecule has 2 aromatic carbocycles. The molecule has 0 saturated carbocycles. The molecule has 3 aromatic heterocycles. The molecule has 0 fully saturated rings. The zero-order chi connectivity index (χ0) is 24.1. The molecule has 0 saturated heterocycles. The highest BCUT2D eigenvalue weighted by Gasteiger charge is 2.20. The van der Waals surface area contributed by atoms with Crippen LogP contribution >= 0.6 is 11.6 Å². The van der Waals surface area contributed by atoms with E-state index >= 15 is 0 Å². The zero-order valence-electron chi connectivity index (χ0n) is 18.2. The number of carbonyl (C=O) groups is 1. The quantitative estimate of drug-likeness (QED) is 0.396. The number of hydrogen-bond acceptors (Lipinski definition) is 7. The molecule has 5 aromatic rings. The number of hydrogen-bond donors (Lipinski definition) is 2. The van der Waals surface area contributed by atoms with Crippen molar-refractivity contribution in [1.82, 2.24) is 29.5 Å². The van der Waals surface area contributed by atoms with Crippen molar-refractivity contribution >= 4 is 34.4 Å². The van der Waals surface area contributed by atoms with Crippen molar-refractivity contribution in [3.05, 3.63) is 81.4 Å². The smallest absolute Gasteiger partial charge is 0.263 e. The number of nitrogens with one attached hydrogen (secondary N) is 2. The van der Waals surface area contributed by atoms with Gasteiger partial charge in [-0.2, -0.15) is 19.9 Å². The van der Waals surface area contributed by atoms with Gasteiger partial charge in [-0.3, -0.25) is 14.6 Å². The standard InChI is InChI=1S/C23H16ClN7O4/c1-12-7-19(26-21(32)13-5-6-17-18(8-13)35-11-34-17)31(29-12)23-27-20-16(22(33)28-23)10-25-30(20)15-4-2-3-14(24)9-15/h2-10H,11H2,1H3,(H,26,32)(H,27,28,33). The Labute approximate surface area is 201 Å². The summed E-state index contributed by atoms with van der Waals surface area (Å²) in [4.78, 5) is 33.1. The topological polar surface area (TPSA) is 129 Å². The number of halogens is 1. The van der Waals surface area contributed by atoms with Gasteiger partial charge < -0.3 is 14.8 Å². The van der Waals surface area contributed by atoms with Gasteiger partial charge in [0.15, 0.2) is 17.1 Å². The van der Waals surface area contributed by atoms with Crippen LogP contribution in [0.1, 0.15) is 16.1 Å². The Morgan fingerprint density at radius 3 is 2.83 bits per heavy atom. The number of fused-ring (bicyclic) bond motifs is 2. The van der Waals surface area contributed by atoms with E-state index in [2.05, 4.69) is 25.5 Å². The molecule has 6 rings (SSSR count). The van der Waals surface area contributed by atoms with Crippen molar-refractivity contribution in [3.8, 4) is 23.1 Å². The Morgan fingerprint density at radius 1 is 1.11 bits per heavy atom. The van der Waals surface area contributed by atoms with Gasteiger partial charge in [0.1, 0.15) is 11.2 Å². The molecule has 2 N–H and O–H groups in total. The number of nitrogens with zero attached hydrogens (tertiary/aromatic N) is 5. The average molecular weight is 490 g/mol. The van der Waals surface area contributed by atoms with Crippen molar-refractivity contribution < 1.29 is 14.3 Å². The van der Waals surface area contributed by atoms with Crippen LogP contribution < -0.4 is 20.3 Å². The molecule has 0 unspecified atom stereocenters. The van der Waals surface area contributed by atoms with E-state index in [1.54, 1.807) is 55.5 Å². The summed E-state index contributed by atoms with van der Waals surface area (Å²) in [6, 6.07) is 13.6. The lowest BCUT2D eigenvalue weighted by Crippen LogP contribution is -2.19. The molecule has 174 valence electrons. The molecule has 12 heteroatoms. The van der Waals surface area contributed by atoms with Crippen LogP contribution in [0.3, 0.4) is 0 Å². The molecule has 0 atom stereocenters. The van der Waals surface area contributed by atoms with Crippen LogP contribution in [-0.4, -0.2) is 42.2 Å². The molecule has 1 aliphatic heterocycles. The van der Waals surface area contributed by atoms with E-state index < -0.39 is 11.5 Å². The molecule has 11 nitrogen and oxygen atoms in total. The van der Waals surface area contributed by atoms with E-state index in [-0.39, 0.29) is 12.7 Å². The van der Waals surface area contributed by atoms with Crippen LogP contribution in [0, 0.1) is 6.92 Å². The van der Waals surface area contributed by atoms with Gasteiger partial charge in [-0.05, 0) is 43.3 Å². The lowest BCUT2D eigenvalue weighted by Gasteiger charge is -2.09. The van der Waals surface area contributed by atoms with E-state index in [4.69, 9.17) is 21.1 Å². The van der Waals surface area contributed by atoms with Gasteiger partial charge in [-0.15, -0.1) is 0 Å². The summed E-state index contributed by atoms with van der Waals surface area (Å²) in [5.41, 5.74) is 1.53. The van der Waals surface area contributed by atoms with Crippen molar-refractivity contribution in [2.75, 3.05) is 12.1 Å². The van der Waals surface area contributed by atoms with Gasteiger partial charge >= 0.3 is 0 Å². The van der Waals surface area contributed by atoms with Gasteiger partial charge in [0.25, 0.3) is 11.5 Å². The maximum Gasteiger partial charge on any atom is 0.263 e. The second-order valence-electron chi connectivity index (χ2n) is 7.77. The molecule has 0 spiro atoms. The molecule has 4 heterocycles. The summed E-state index contributed by atoms with van der Waals surface area (Å²) in [7, 11) is 0. The van der Waals surface area contributed by atoms with E-state index in [1.165, 1.54) is 15.6 Å². The Morgan fingerprint density at radius 2 is 1.97 bits per heavy atom. The third-order valence-electron chi connectivity index (χ3n) is 5.39. The van der Waals surface area contributed by atoms with Crippen molar-refractivity contribution in [2.45, 2.75) is 6.92 Å². The minimum absolute atomic E-state index is 0.111. The fourth-order valence-electron chi connectivity index (χ4n) is 3.78. The second-order valence-corrected chi connectivity index (χ2v) is 8.20. The van der Waals surface area contributed by atoms with Gasteiger partial charge in [-0.1, -0.05) is 17.7 Å². The first kappa shape index (κ1) is 20.9. The number of aryl methyl sites for hydroxylation is 1. The minimum Gasteiger partial charge on any atom is -0.454 e. The Bertz CT molecular complexity index is 1690. The Hall–Kier alpha value is -4.64. The maximum absolute atomic E-state index is 12.9. The predicted octanol–water partition coefficient (Wildman–Crippen LogP) is 3.24. The highest BCUT2D eigenvalue weighted by molar-refractivity contribution is 6.30. The summed E-state index contributed by atoms with van der Waals surface area (Å²) < 4.78 is 13.5. The van der Waals surface area contributed by atoms with Crippen LogP contribution in [0.5, 0.6) is 11.5 Å². The fraction of sp³-hybridized carbons (Fsp3) is 0.0870. The number of aromatic nitrogens is 6. The second kappa shape index (κ2) is 7.99. The number of anilines is 1. The lowest BCUT2D eigenvalue weighted by atomic mass is 10.2. The van der Waals surface area contributed by atoms with Crippen molar-refractivity contribution in [2.24, 2.45) is 0 Å². The third kappa shape index (κ3) is 3.67. The average Bonchev–Trinajstić information content (AvgIpc) is 3.56. The van der Waals surface area contributed by atoms with Crippen LogP contribution in [0.2, 0.25) is 5.02 Å². The normalized spacial score (nSPS) is 12.3. The summed E-state index contributed by atoms with van der Waals surface area (Å²) in [5, 5.41) is 12.3. The number of H-pyrrole nitrogens is 1. The molecule has 0 bridgehead atoms. The molecule has 35 heavy (non-hydrogen) atoms. The molecule has 1 amide bonds. The van der Waals surface area contributed by atoms with Crippen molar-refractivity contribution in [1.29, 1.82) is 0 Å². The first-order valence-corrected chi connectivity index (χ1v) is 10.9. The van der Waals surface area contributed by atoms with Crippen LogP contribution in [0.15, 0.2) is 59.5 Å². The summed E-state index contributed by atoms with van der Waals surface area (Å²) >= 11 is 6.13. The Kier molecular flexibility index (Phi) is 4.78. The first-order valence-electron chi connectivity index (χ1n) is 10.5. The highest BCUT2D eigenvalue weighted by atomic mass is 35.5. The van der Waals surface area contributed by atoms with Gasteiger partial charge in [0.05, 0.1) is 17.6 Å². The minimum atomic E-state index is -0.403. The molecular formula is C23H16ClN7O4. The first-order chi connectivity index (χ1) is 17.0. The van der Waals surface area contributed by atoms with Crippen LogP contribution in [0.25, 0.3) is 22.7 Å². The highest BCUT2D eigenvalue weighted by Crippen LogP contribution is 2.32. The number of aromatic amines is 1. The number of ether oxygens (including phenoxy) is 2. The third-order valence-corrected chi connectivity index (χ3v) is 5.62. The summed E-state index contributed by atoms with van der Waals surface area (Å²) in [6.07, 6.45) is 1.43. The summed E-state index contributed by atoms with van der Waals surface area (Å²) in [6.45, 7) is 1.87. The van der Waals surface area contributed by atoms with E-state index in [0.717, 1.165) is 0 Å². The number of benzene rings is 2. The van der Waals surface area contributed by atoms with Gasteiger partial charge in [0.2, 0.25) is 12.7 Å². The SMILES string of the molecule is Cc1cc(NC(=O)c2ccc3c(c2)OCO3)n(-c2nc3c(cnn3-c3cccc(Cl)c3)c(=O)[nH]2)n1. The fourth-order valence-corrected chi connectivity index (χ4v) is 3.96. The maximum atomic E-state index is 12.9. The molecular weight excluding hydrogens is 474 g/mol. The largest absolute Gasteiger partial charge is 0.454 e. The number of rotatable bonds is 4. The van der Waals surface area contributed by atoms with E-state index in [9.17, 15) is 9.59 Å². The zero-order valence-corrected chi connectivity index (χ0v) is 18.9. The number of carbonyl (C=O) groups excluding carboxylic acids is 1. The number of amides is 1. The van der Waals surface area contributed by atoms with Crippen LogP contribution in [-0.2, 0) is 0 Å². The van der Waals surface area contributed by atoms with Crippen LogP contribution in [0.4, 0.5) is 5.82 Å². The lowest BCUT2D eigenvalue weighted by molar-refractivity contribution is 0.102. The van der Waals surface area contributed by atoms with E-state index in [1.807, 2.05) is 0 Å². The predicted molar refractivity (Wildman–Crippen MR) is 127 cm³/mol. The van der Waals surface area contributed by atoms with E-state index in [0.29, 0.717) is 50.3 Å². The van der Waals surface area contributed by atoms with Crippen molar-refractivity contribution in [3.63, 3.8) is 0 Å². The van der Waals surface area contributed by atoms with Gasteiger partial charge in [-0.25, -0.2) is 4.68 Å². The molecule has 0 aliphatic carbocycles. The molecule has 1 aliphatic rings. The summed E-state index contributed by atoms with van der Waals surface area (Å²) in [5.74, 6) is 1.11. The monoisotopic (exact) mass is 489 g/mol. The Balaban J connectivity index is 1.40. The molecule has 0 radical (unpaired) electrons.